The van der Waals surface area contributed by atoms with Crippen LogP contribution in [-0.4, -0.2) is 46.1 Å². The van der Waals surface area contributed by atoms with Gasteiger partial charge in [-0.05, 0) is 43.7 Å². The smallest absolute Gasteiger partial charge is 0.269 e. The minimum Gasteiger partial charge on any atom is -0.369 e. The molecule has 32 heavy (non-hydrogen) atoms. The number of rotatable bonds is 7. The van der Waals surface area contributed by atoms with E-state index in [1.807, 2.05) is 20.8 Å². The number of nitrogens with one attached hydrogen (secondary N) is 1. The van der Waals surface area contributed by atoms with Crippen molar-refractivity contribution in [2.45, 2.75) is 45.7 Å². The third-order valence-electron chi connectivity index (χ3n) is 5.48. The van der Waals surface area contributed by atoms with E-state index >= 15 is 0 Å². The summed E-state index contributed by atoms with van der Waals surface area (Å²) in [5.74, 6) is -2.00. The maximum atomic E-state index is 13.4. The fraction of sp³-hybridized carbons (Fsp3) is 0.455. The number of hydrogen-bond donors (Lipinski definition) is 2. The van der Waals surface area contributed by atoms with Crippen molar-refractivity contribution in [1.29, 1.82) is 0 Å². The van der Waals surface area contributed by atoms with Crippen molar-refractivity contribution in [1.82, 2.24) is 10.2 Å². The third kappa shape index (κ3) is 6.15. The van der Waals surface area contributed by atoms with E-state index in [1.54, 1.807) is 13.2 Å². The molecule has 0 spiro atoms. The normalized spacial score (nSPS) is 20.2. The van der Waals surface area contributed by atoms with Gasteiger partial charge in [0.15, 0.2) is 5.96 Å². The van der Waals surface area contributed by atoms with Gasteiger partial charge in [0.05, 0.1) is 29.6 Å². The number of benzene rings is 1. The Morgan fingerprint density at radius 2 is 1.94 bits per heavy atom. The van der Waals surface area contributed by atoms with Crippen molar-refractivity contribution in [3.63, 3.8) is 0 Å². The lowest BCUT2D eigenvalue weighted by molar-refractivity contribution is -0.129. The topological polar surface area (TPSA) is 100 Å². The van der Waals surface area contributed by atoms with Gasteiger partial charge in [-0.15, -0.1) is 11.8 Å². The van der Waals surface area contributed by atoms with Crippen LogP contribution in [-0.2, 0) is 9.59 Å². The molecule has 0 aromatic heterocycles. The molecule has 7 nitrogen and oxygen atoms in total. The van der Waals surface area contributed by atoms with Gasteiger partial charge in [-0.2, -0.15) is 0 Å². The van der Waals surface area contributed by atoms with Gasteiger partial charge >= 0.3 is 0 Å². The highest BCUT2D eigenvalue weighted by Gasteiger charge is 2.38. The first-order valence-electron chi connectivity index (χ1n) is 10.1. The third-order valence-corrected chi connectivity index (χ3v) is 6.18. The van der Waals surface area contributed by atoms with Gasteiger partial charge < -0.3 is 11.1 Å². The molecular formula is C22H29F2N5O2S. The first-order valence-corrected chi connectivity index (χ1v) is 11.3. The van der Waals surface area contributed by atoms with Gasteiger partial charge in [-0.1, -0.05) is 20.4 Å². The van der Waals surface area contributed by atoms with Crippen LogP contribution in [0.5, 0.6) is 0 Å². The fourth-order valence-corrected chi connectivity index (χ4v) is 3.52. The van der Waals surface area contributed by atoms with Crippen molar-refractivity contribution in [3.8, 4) is 0 Å². The number of nitrogens with two attached hydrogens (primary N) is 1. The van der Waals surface area contributed by atoms with Crippen LogP contribution >= 0.6 is 11.8 Å². The van der Waals surface area contributed by atoms with Crippen molar-refractivity contribution in [3.05, 3.63) is 47.7 Å². The van der Waals surface area contributed by atoms with Crippen LogP contribution in [0.15, 0.2) is 40.5 Å². The van der Waals surface area contributed by atoms with Gasteiger partial charge in [-0.3, -0.25) is 14.5 Å². The molecule has 0 bridgehead atoms. The zero-order chi connectivity index (χ0) is 24.2. The molecule has 1 aliphatic heterocycles. The zero-order valence-electron chi connectivity index (χ0n) is 18.9. The number of thioether (sulfide) groups is 1. The van der Waals surface area contributed by atoms with E-state index in [2.05, 4.69) is 21.9 Å². The van der Waals surface area contributed by atoms with Crippen LogP contribution in [0, 0.1) is 17.6 Å². The van der Waals surface area contributed by atoms with Crippen molar-refractivity contribution >= 4 is 34.6 Å². The SMILES string of the molecule is C=C(N=C(CN1C(=O)CC(C)(C(C)C)N=C1N)SC)C(=O)NC(C)c1cc(F)cc(F)c1. The zero-order valence-corrected chi connectivity index (χ0v) is 19.7. The van der Waals surface area contributed by atoms with Crippen molar-refractivity contribution < 1.29 is 18.4 Å². The highest BCUT2D eigenvalue weighted by molar-refractivity contribution is 8.13. The summed E-state index contributed by atoms with van der Waals surface area (Å²) in [5, 5.41) is 3.05. The number of hydrogen-bond acceptors (Lipinski definition) is 6. The molecule has 10 heteroatoms. The van der Waals surface area contributed by atoms with E-state index in [0.717, 1.165) is 18.2 Å². The molecule has 0 fully saturated rings. The van der Waals surface area contributed by atoms with Crippen LogP contribution < -0.4 is 11.1 Å². The molecule has 1 aliphatic rings. The van der Waals surface area contributed by atoms with Crippen LogP contribution in [0.25, 0.3) is 0 Å². The monoisotopic (exact) mass is 465 g/mol. The van der Waals surface area contributed by atoms with Crippen LogP contribution in [0.3, 0.4) is 0 Å². The molecule has 0 radical (unpaired) electrons. The molecule has 1 heterocycles. The van der Waals surface area contributed by atoms with Gasteiger partial charge in [-0.25, -0.2) is 18.8 Å². The standard InChI is InChI=1S/C22H29F2N5O2S/c1-12(2)22(5)10-19(30)29(21(25)28-22)11-18(32-6)26-14(4)20(31)27-13(3)15-7-16(23)9-17(24)8-15/h7-9,12-13H,4,10-11H2,1-3,5-6H3,(H2,25,28)(H,27,31). The Morgan fingerprint density at radius 3 is 2.44 bits per heavy atom. The predicted molar refractivity (Wildman–Crippen MR) is 124 cm³/mol. The summed E-state index contributed by atoms with van der Waals surface area (Å²) in [4.78, 5) is 35.3. The van der Waals surface area contributed by atoms with Crippen molar-refractivity contribution in [2.24, 2.45) is 21.6 Å². The predicted octanol–water partition coefficient (Wildman–Crippen LogP) is 3.38. The van der Waals surface area contributed by atoms with E-state index in [-0.39, 0.29) is 42.0 Å². The van der Waals surface area contributed by atoms with E-state index in [9.17, 15) is 18.4 Å². The summed E-state index contributed by atoms with van der Waals surface area (Å²) >= 11 is 1.24. The Hall–Kier alpha value is -2.75. The Bertz CT molecular complexity index is 959. The van der Waals surface area contributed by atoms with E-state index in [1.165, 1.54) is 16.7 Å². The van der Waals surface area contributed by atoms with Crippen LogP contribution in [0.1, 0.15) is 45.7 Å². The second-order valence-corrected chi connectivity index (χ2v) is 9.07. The summed E-state index contributed by atoms with van der Waals surface area (Å²) in [6.45, 7) is 11.2. The second-order valence-electron chi connectivity index (χ2n) is 8.19. The lowest BCUT2D eigenvalue weighted by Crippen LogP contribution is -2.53. The quantitative estimate of drug-likeness (QED) is 0.366. The van der Waals surface area contributed by atoms with Gasteiger partial charge in [0.1, 0.15) is 17.3 Å². The van der Waals surface area contributed by atoms with E-state index < -0.39 is 29.1 Å². The molecule has 0 aliphatic carbocycles. The first kappa shape index (κ1) is 25.5. The number of carbonyl (C=O) groups excluding carboxylic acids is 2. The average Bonchev–Trinajstić information content (AvgIpc) is 2.68. The highest BCUT2D eigenvalue weighted by atomic mass is 32.2. The Morgan fingerprint density at radius 1 is 1.34 bits per heavy atom. The molecule has 3 N–H and O–H groups in total. The second kappa shape index (κ2) is 10.2. The maximum absolute atomic E-state index is 13.4. The molecule has 2 amide bonds. The van der Waals surface area contributed by atoms with Gasteiger partial charge in [0.2, 0.25) is 5.91 Å². The van der Waals surface area contributed by atoms with E-state index in [0.29, 0.717) is 5.04 Å². The number of halogens is 2. The molecular weight excluding hydrogens is 436 g/mol. The summed E-state index contributed by atoms with van der Waals surface area (Å²) in [6, 6.07) is 2.37. The van der Waals surface area contributed by atoms with Crippen LogP contribution in [0.2, 0.25) is 0 Å². The summed E-state index contributed by atoms with van der Waals surface area (Å²) < 4.78 is 26.9. The molecule has 0 saturated carbocycles. The minimum atomic E-state index is -0.735. The molecule has 2 rings (SSSR count). The van der Waals surface area contributed by atoms with Crippen LogP contribution in [0.4, 0.5) is 8.78 Å². The lowest BCUT2D eigenvalue weighted by atomic mass is 9.84. The minimum absolute atomic E-state index is 0.0560. The number of aliphatic imine (C=N–C) groups is 2. The molecule has 1 aromatic carbocycles. The number of nitrogens with zero attached hydrogens (tertiary/aromatic N) is 3. The molecule has 174 valence electrons. The molecule has 0 saturated heterocycles. The number of carbonyl (C=O) groups is 2. The summed E-state index contributed by atoms with van der Waals surface area (Å²) in [5.41, 5.74) is 5.66. The highest BCUT2D eigenvalue weighted by Crippen LogP contribution is 2.30. The largest absolute Gasteiger partial charge is 0.369 e. The lowest BCUT2D eigenvalue weighted by Gasteiger charge is -2.37. The maximum Gasteiger partial charge on any atom is 0.269 e. The van der Waals surface area contributed by atoms with Gasteiger partial charge in [0.25, 0.3) is 5.91 Å². The van der Waals surface area contributed by atoms with E-state index in [4.69, 9.17) is 5.73 Å². The van der Waals surface area contributed by atoms with Gasteiger partial charge in [0, 0.05) is 6.07 Å². The first-order chi connectivity index (χ1) is 14.9. The molecule has 2 atom stereocenters. The average molecular weight is 466 g/mol. The number of amides is 2. The molecule has 2 unspecified atom stereocenters. The Kier molecular flexibility index (Phi) is 8.17. The Labute approximate surface area is 191 Å². The Balaban J connectivity index is 2.11. The summed E-state index contributed by atoms with van der Waals surface area (Å²) in [6.07, 6.45) is 1.97. The molecule has 1 aromatic rings. The summed E-state index contributed by atoms with van der Waals surface area (Å²) in [7, 11) is 0. The number of guanidine groups is 1. The van der Waals surface area contributed by atoms with Crippen molar-refractivity contribution in [2.75, 3.05) is 12.8 Å². The fourth-order valence-electron chi connectivity index (χ4n) is 3.06.